The van der Waals surface area contributed by atoms with Gasteiger partial charge in [-0.25, -0.2) is 0 Å². The van der Waals surface area contributed by atoms with Gasteiger partial charge >= 0.3 is 0 Å². The van der Waals surface area contributed by atoms with E-state index in [1.54, 1.807) is 0 Å². The Hall–Kier alpha value is 1.12. The van der Waals surface area contributed by atoms with Crippen molar-refractivity contribution in [2.75, 3.05) is 0 Å². The topological polar surface area (TPSA) is 17.1 Å². The van der Waals surface area contributed by atoms with Gasteiger partial charge in [-0.1, -0.05) is 23.2 Å². The number of hydrogen-bond donors (Lipinski definition) is 0. The minimum atomic E-state index is -1.23. The van der Waals surface area contributed by atoms with Gasteiger partial charge in [-0.15, -0.1) is 34.8 Å². The number of Topliss-reactive ketones (excluding diaryl/α,β-unsaturated/α-hetero) is 1. The van der Waals surface area contributed by atoms with Crippen LogP contribution < -0.4 is 0 Å². The maximum absolute atomic E-state index is 12.4. The molecular weight excluding hydrogens is 337 g/mol. The van der Waals surface area contributed by atoms with Crippen molar-refractivity contribution in [2.45, 2.75) is 25.9 Å². The molecule has 5 rings (SSSR count). The monoisotopic (exact) mass is 344 g/mol. The Bertz CT molecular complexity index is 511. The normalized spacial score (nSPS) is 72.9. The van der Waals surface area contributed by atoms with Crippen LogP contribution in [0.1, 0.15) is 6.42 Å². The molecule has 0 aliphatic heterocycles. The van der Waals surface area contributed by atoms with E-state index in [1.165, 1.54) is 0 Å². The second-order valence-electron chi connectivity index (χ2n) is 6.52. The smallest absolute Gasteiger partial charge is 0.158 e. The highest BCUT2D eigenvalue weighted by atomic mass is 35.5. The molecule has 1 nitrogen and oxygen atoms in total. The van der Waals surface area contributed by atoms with Gasteiger partial charge in [0.1, 0.15) is 5.78 Å². The van der Waals surface area contributed by atoms with Gasteiger partial charge in [0.25, 0.3) is 0 Å². The second-order valence-corrected chi connectivity index (χ2v) is 9.57. The van der Waals surface area contributed by atoms with Gasteiger partial charge in [0, 0.05) is 17.8 Å². The molecular formula is C12H9Cl5O. The lowest BCUT2D eigenvalue weighted by Gasteiger charge is -2.37. The number of fused-ring (bicyclic) bond motifs is 5. The van der Waals surface area contributed by atoms with E-state index < -0.39 is 19.5 Å². The summed E-state index contributed by atoms with van der Waals surface area (Å²) in [7, 11) is 0. The van der Waals surface area contributed by atoms with E-state index in [2.05, 4.69) is 0 Å². The Morgan fingerprint density at radius 1 is 1.00 bits per heavy atom. The van der Waals surface area contributed by atoms with Gasteiger partial charge in [-0.3, -0.25) is 4.79 Å². The molecule has 0 aromatic rings. The molecule has 0 aromatic carbocycles. The molecule has 5 aliphatic carbocycles. The van der Waals surface area contributed by atoms with Gasteiger partial charge in [0.05, 0.1) is 15.1 Å². The molecule has 4 bridgehead atoms. The third kappa shape index (κ3) is 0.711. The van der Waals surface area contributed by atoms with E-state index in [0.717, 1.165) is 6.42 Å². The maximum Gasteiger partial charge on any atom is 0.158 e. The summed E-state index contributed by atoms with van der Waals surface area (Å²) in [5.74, 6) is 0.493. The minimum absolute atomic E-state index is 0.0197. The van der Waals surface area contributed by atoms with Gasteiger partial charge < -0.3 is 0 Å². The lowest BCUT2D eigenvalue weighted by Crippen LogP contribution is -2.48. The molecule has 0 spiro atoms. The largest absolute Gasteiger partial charge is 0.299 e. The van der Waals surface area contributed by atoms with Gasteiger partial charge in [0.2, 0.25) is 0 Å². The van der Waals surface area contributed by atoms with Crippen molar-refractivity contribution in [3.8, 4) is 0 Å². The Morgan fingerprint density at radius 3 is 2.33 bits per heavy atom. The lowest BCUT2D eigenvalue weighted by molar-refractivity contribution is -0.127. The number of hydrogen-bond acceptors (Lipinski definition) is 1. The first-order chi connectivity index (χ1) is 8.29. The van der Waals surface area contributed by atoms with Crippen molar-refractivity contribution in [1.82, 2.24) is 0 Å². The Kier molecular flexibility index (Phi) is 1.78. The van der Waals surface area contributed by atoms with Crippen LogP contribution >= 0.6 is 58.0 Å². The summed E-state index contributed by atoms with van der Waals surface area (Å²) in [6, 6.07) is 0. The van der Waals surface area contributed by atoms with Crippen molar-refractivity contribution in [3.05, 3.63) is 0 Å². The highest BCUT2D eigenvalue weighted by Gasteiger charge is 2.95. The van der Waals surface area contributed by atoms with Crippen molar-refractivity contribution >= 4 is 63.8 Å². The number of rotatable bonds is 0. The standard InChI is InChI=1S/C12H9Cl5O/c13-9-7-4-2-1-3(8(4)18)6-5(2)10(7,14)12(16,17)11(6,9)15/h2-7,9H,1H2/t2-,3-,4+,5+,6-,7-,9-,10+,11-/m0/s1. The molecule has 0 aromatic heterocycles. The molecule has 0 amide bonds. The molecule has 0 heterocycles. The van der Waals surface area contributed by atoms with Crippen LogP contribution in [0.15, 0.2) is 0 Å². The third-order valence-electron chi connectivity index (χ3n) is 6.48. The van der Waals surface area contributed by atoms with E-state index in [-0.39, 0.29) is 29.6 Å². The summed E-state index contributed by atoms with van der Waals surface area (Å²) >= 11 is 33.4. The van der Waals surface area contributed by atoms with Gasteiger partial charge in [-0.2, -0.15) is 0 Å². The summed E-state index contributed by atoms with van der Waals surface area (Å²) in [6.07, 6.45) is 0.908. The number of halogens is 5. The molecule has 18 heavy (non-hydrogen) atoms. The quantitative estimate of drug-likeness (QED) is 0.614. The molecule has 5 fully saturated rings. The van der Waals surface area contributed by atoms with Crippen LogP contribution in [0.3, 0.4) is 0 Å². The molecule has 0 N–H and O–H groups in total. The zero-order chi connectivity index (χ0) is 12.8. The number of carbonyl (C=O) groups is 1. The van der Waals surface area contributed by atoms with Crippen LogP contribution in [-0.2, 0) is 4.79 Å². The first-order valence-electron chi connectivity index (χ1n) is 6.23. The van der Waals surface area contributed by atoms with Crippen LogP contribution in [0.2, 0.25) is 0 Å². The zero-order valence-corrected chi connectivity index (χ0v) is 12.8. The molecule has 0 radical (unpaired) electrons. The average molecular weight is 346 g/mol. The van der Waals surface area contributed by atoms with E-state index in [4.69, 9.17) is 58.0 Å². The lowest BCUT2D eigenvalue weighted by atomic mass is 9.76. The van der Waals surface area contributed by atoms with Crippen LogP contribution in [0.4, 0.5) is 0 Å². The zero-order valence-electron chi connectivity index (χ0n) is 9.05. The number of carbonyl (C=O) groups excluding carboxylic acids is 1. The van der Waals surface area contributed by atoms with Crippen LogP contribution in [0.5, 0.6) is 0 Å². The second kappa shape index (κ2) is 2.73. The van der Waals surface area contributed by atoms with Gasteiger partial charge in [-0.05, 0) is 24.2 Å². The fourth-order valence-corrected chi connectivity index (χ4v) is 9.39. The molecule has 6 heteroatoms. The Labute approximate surface area is 129 Å². The molecule has 98 valence electrons. The first kappa shape index (κ1) is 11.7. The summed E-state index contributed by atoms with van der Waals surface area (Å²) in [5, 5.41) is -0.405. The van der Waals surface area contributed by atoms with Crippen LogP contribution in [-0.4, -0.2) is 25.2 Å². The predicted octanol–water partition coefficient (Wildman–Crippen LogP) is 3.45. The van der Waals surface area contributed by atoms with Crippen molar-refractivity contribution in [1.29, 1.82) is 0 Å². The van der Waals surface area contributed by atoms with Gasteiger partial charge in [0.15, 0.2) is 4.33 Å². The van der Waals surface area contributed by atoms with Crippen molar-refractivity contribution in [3.63, 3.8) is 0 Å². The number of alkyl halides is 5. The molecule has 5 saturated carbocycles. The highest BCUT2D eigenvalue weighted by Crippen LogP contribution is 2.88. The molecule has 5 aliphatic rings. The van der Waals surface area contributed by atoms with Crippen LogP contribution in [0.25, 0.3) is 0 Å². The first-order valence-corrected chi connectivity index (χ1v) is 8.18. The van der Waals surface area contributed by atoms with Crippen molar-refractivity contribution < 1.29 is 4.79 Å². The maximum atomic E-state index is 12.4. The average Bonchev–Trinajstić information content (AvgIpc) is 2.90. The molecule has 9 atom stereocenters. The summed E-state index contributed by atoms with van der Waals surface area (Å²) in [5.41, 5.74) is 0. The highest BCUT2D eigenvalue weighted by molar-refractivity contribution is 6.61. The summed E-state index contributed by atoms with van der Waals surface area (Å²) in [6.45, 7) is 0. The summed E-state index contributed by atoms with van der Waals surface area (Å²) < 4.78 is -1.23. The van der Waals surface area contributed by atoms with Crippen LogP contribution in [0, 0.1) is 35.5 Å². The molecule has 0 unspecified atom stereocenters. The summed E-state index contributed by atoms with van der Waals surface area (Å²) in [4.78, 5) is 10.7. The number of ketones is 1. The third-order valence-corrected chi connectivity index (χ3v) is 10.4. The minimum Gasteiger partial charge on any atom is -0.299 e. The molecule has 0 saturated heterocycles. The Balaban J connectivity index is 1.91. The Morgan fingerprint density at radius 2 is 1.67 bits per heavy atom. The van der Waals surface area contributed by atoms with E-state index in [1.807, 2.05) is 0 Å². The van der Waals surface area contributed by atoms with E-state index >= 15 is 0 Å². The SMILES string of the molecule is O=C1[C@@H]2[C@@H]3C[C@H]1[C@H]1[C@@H]3[C@@]3(Cl)[C@@H]2[C@H](Cl)[C@]1(Cl)C3(Cl)Cl. The fourth-order valence-electron chi connectivity index (χ4n) is 6.21. The van der Waals surface area contributed by atoms with E-state index in [9.17, 15) is 4.79 Å². The van der Waals surface area contributed by atoms with E-state index in [0.29, 0.717) is 11.7 Å². The fraction of sp³-hybridized carbons (Fsp3) is 0.917. The van der Waals surface area contributed by atoms with Crippen molar-refractivity contribution in [2.24, 2.45) is 35.5 Å². The predicted molar refractivity (Wildman–Crippen MR) is 71.8 cm³/mol.